The van der Waals surface area contributed by atoms with Crippen LogP contribution in [0.4, 0.5) is 0 Å². The van der Waals surface area contributed by atoms with Crippen LogP contribution in [-0.4, -0.2) is 48.0 Å². The van der Waals surface area contributed by atoms with Gasteiger partial charge >= 0.3 is 5.97 Å². The van der Waals surface area contributed by atoms with Gasteiger partial charge in [-0.1, -0.05) is 0 Å². The summed E-state index contributed by atoms with van der Waals surface area (Å²) in [5.41, 5.74) is 1.14. The molecule has 7 heteroatoms. The predicted molar refractivity (Wildman–Crippen MR) is 74.6 cm³/mol. The standard InChI is InChI=1S/C14H16N2O5/c1-8(17)16-12(14(18)19)7-11(15-16)10-5-4-9(20-2)6-13(10)21-3/h4-6,12H,7H2,1-3H3,(H,18,19). The molecule has 1 aromatic rings. The second-order valence-electron chi connectivity index (χ2n) is 4.53. The van der Waals surface area contributed by atoms with E-state index in [1.807, 2.05) is 0 Å². The third-order valence-corrected chi connectivity index (χ3v) is 3.24. The Balaban J connectivity index is 2.40. The van der Waals surface area contributed by atoms with E-state index in [1.54, 1.807) is 25.3 Å². The summed E-state index contributed by atoms with van der Waals surface area (Å²) in [7, 11) is 3.05. The molecule has 7 nitrogen and oxygen atoms in total. The van der Waals surface area contributed by atoms with Crippen molar-refractivity contribution in [2.75, 3.05) is 14.2 Å². The number of benzene rings is 1. The van der Waals surface area contributed by atoms with E-state index in [9.17, 15) is 14.7 Å². The van der Waals surface area contributed by atoms with Crippen molar-refractivity contribution in [2.24, 2.45) is 5.10 Å². The largest absolute Gasteiger partial charge is 0.497 e. The Labute approximate surface area is 121 Å². The number of methoxy groups -OCH3 is 2. The zero-order valence-corrected chi connectivity index (χ0v) is 12.0. The van der Waals surface area contributed by atoms with Crippen LogP contribution in [0.2, 0.25) is 0 Å². The first-order chi connectivity index (χ1) is 9.97. The Morgan fingerprint density at radius 2 is 2.05 bits per heavy atom. The van der Waals surface area contributed by atoms with Crippen molar-refractivity contribution in [1.29, 1.82) is 0 Å². The quantitative estimate of drug-likeness (QED) is 0.898. The second kappa shape index (κ2) is 5.82. The summed E-state index contributed by atoms with van der Waals surface area (Å²) < 4.78 is 10.4. The summed E-state index contributed by atoms with van der Waals surface area (Å²) in [6.07, 6.45) is 0.137. The second-order valence-corrected chi connectivity index (χ2v) is 4.53. The first-order valence-corrected chi connectivity index (χ1v) is 6.30. The summed E-state index contributed by atoms with van der Waals surface area (Å²) in [6, 6.07) is 4.17. The van der Waals surface area contributed by atoms with Gasteiger partial charge in [0.05, 0.1) is 19.9 Å². The molecule has 0 saturated carbocycles. The van der Waals surface area contributed by atoms with Gasteiger partial charge in [-0.15, -0.1) is 0 Å². The van der Waals surface area contributed by atoms with Gasteiger partial charge in [-0.3, -0.25) is 4.79 Å². The van der Waals surface area contributed by atoms with Crippen molar-refractivity contribution in [2.45, 2.75) is 19.4 Å². The number of hydrogen-bond donors (Lipinski definition) is 1. The van der Waals surface area contributed by atoms with Crippen LogP contribution in [0.1, 0.15) is 18.9 Å². The highest BCUT2D eigenvalue weighted by Gasteiger charge is 2.36. The Bertz CT molecular complexity index is 611. The first-order valence-electron chi connectivity index (χ1n) is 6.30. The summed E-state index contributed by atoms with van der Waals surface area (Å²) in [6.45, 7) is 1.29. The lowest BCUT2D eigenvalue weighted by Crippen LogP contribution is -2.37. The molecule has 0 radical (unpaired) electrons. The van der Waals surface area contributed by atoms with Gasteiger partial charge in [0.2, 0.25) is 5.91 Å². The maximum Gasteiger partial charge on any atom is 0.329 e. The minimum atomic E-state index is -1.09. The van der Waals surface area contributed by atoms with E-state index in [0.717, 1.165) is 5.01 Å². The Hall–Kier alpha value is -2.57. The van der Waals surface area contributed by atoms with Gasteiger partial charge in [0.25, 0.3) is 0 Å². The fourth-order valence-electron chi connectivity index (χ4n) is 2.19. The molecule has 0 aromatic heterocycles. The molecule has 0 spiro atoms. The number of carboxylic acid groups (broad SMARTS) is 1. The number of hydrazone groups is 1. The van der Waals surface area contributed by atoms with Gasteiger partial charge < -0.3 is 14.6 Å². The van der Waals surface area contributed by atoms with Gasteiger partial charge in [-0.05, 0) is 12.1 Å². The van der Waals surface area contributed by atoms with E-state index in [-0.39, 0.29) is 6.42 Å². The number of carbonyl (C=O) groups is 2. The number of nitrogens with zero attached hydrogens (tertiary/aromatic N) is 2. The molecule has 21 heavy (non-hydrogen) atoms. The molecular weight excluding hydrogens is 276 g/mol. The van der Waals surface area contributed by atoms with E-state index in [4.69, 9.17) is 9.47 Å². The van der Waals surface area contributed by atoms with Crippen molar-refractivity contribution in [3.05, 3.63) is 23.8 Å². The number of hydrogen-bond acceptors (Lipinski definition) is 5. The van der Waals surface area contributed by atoms with E-state index in [2.05, 4.69) is 5.10 Å². The molecule has 1 amide bonds. The van der Waals surface area contributed by atoms with Crippen molar-refractivity contribution in [3.8, 4) is 11.5 Å². The molecule has 0 bridgehead atoms. The molecule has 1 aliphatic rings. The van der Waals surface area contributed by atoms with Gasteiger partial charge in [0, 0.05) is 25.0 Å². The highest BCUT2D eigenvalue weighted by Crippen LogP contribution is 2.29. The molecular formula is C14H16N2O5. The van der Waals surface area contributed by atoms with Crippen LogP contribution >= 0.6 is 0 Å². The smallest absolute Gasteiger partial charge is 0.329 e. The monoisotopic (exact) mass is 292 g/mol. The fraction of sp³-hybridized carbons (Fsp3) is 0.357. The summed E-state index contributed by atoms with van der Waals surface area (Å²) >= 11 is 0. The third kappa shape index (κ3) is 2.81. The van der Waals surface area contributed by atoms with E-state index < -0.39 is 17.9 Å². The van der Waals surface area contributed by atoms with Crippen LogP contribution in [0.25, 0.3) is 0 Å². The van der Waals surface area contributed by atoms with E-state index in [0.29, 0.717) is 22.8 Å². The van der Waals surface area contributed by atoms with Crippen molar-refractivity contribution in [1.82, 2.24) is 5.01 Å². The summed E-state index contributed by atoms with van der Waals surface area (Å²) in [5, 5.41) is 14.3. The van der Waals surface area contributed by atoms with Gasteiger partial charge in [0.1, 0.15) is 11.5 Å². The molecule has 1 unspecified atom stereocenters. The lowest BCUT2D eigenvalue weighted by molar-refractivity contribution is -0.148. The van der Waals surface area contributed by atoms with Crippen molar-refractivity contribution < 1.29 is 24.2 Å². The zero-order chi connectivity index (χ0) is 15.6. The zero-order valence-electron chi connectivity index (χ0n) is 12.0. The number of carbonyl (C=O) groups excluding carboxylic acids is 1. The normalized spacial score (nSPS) is 17.4. The van der Waals surface area contributed by atoms with Crippen LogP contribution in [-0.2, 0) is 9.59 Å². The maximum atomic E-state index is 11.5. The topological polar surface area (TPSA) is 88.4 Å². The van der Waals surface area contributed by atoms with Crippen LogP contribution in [0.3, 0.4) is 0 Å². The van der Waals surface area contributed by atoms with Gasteiger partial charge in [-0.2, -0.15) is 5.10 Å². The Morgan fingerprint density at radius 1 is 1.33 bits per heavy atom. The number of rotatable bonds is 4. The molecule has 2 rings (SSSR count). The lowest BCUT2D eigenvalue weighted by Gasteiger charge is -2.15. The minimum absolute atomic E-state index is 0.137. The number of ether oxygens (including phenoxy) is 2. The van der Waals surface area contributed by atoms with E-state index >= 15 is 0 Å². The molecule has 1 heterocycles. The number of amides is 1. The van der Waals surface area contributed by atoms with Crippen LogP contribution in [0.5, 0.6) is 11.5 Å². The minimum Gasteiger partial charge on any atom is -0.497 e. The molecule has 1 N–H and O–H groups in total. The molecule has 0 aliphatic carbocycles. The first kappa shape index (κ1) is 14.8. The molecule has 0 fully saturated rings. The predicted octanol–water partition coefficient (Wildman–Crippen LogP) is 1.11. The highest BCUT2D eigenvalue weighted by atomic mass is 16.5. The maximum absolute atomic E-state index is 11.5. The SMILES string of the molecule is COc1ccc(C2=NN(C(C)=O)C(C(=O)O)C2)c(OC)c1. The highest BCUT2D eigenvalue weighted by molar-refractivity contribution is 6.07. The Kier molecular flexibility index (Phi) is 4.11. The van der Waals surface area contributed by atoms with Gasteiger partial charge in [-0.25, -0.2) is 9.80 Å². The van der Waals surface area contributed by atoms with Crippen LogP contribution in [0, 0.1) is 0 Å². The fourth-order valence-corrected chi connectivity index (χ4v) is 2.19. The average molecular weight is 292 g/mol. The Morgan fingerprint density at radius 3 is 2.52 bits per heavy atom. The number of aliphatic carboxylic acids is 1. The van der Waals surface area contributed by atoms with Crippen molar-refractivity contribution >= 4 is 17.6 Å². The lowest BCUT2D eigenvalue weighted by atomic mass is 10.0. The van der Waals surface area contributed by atoms with Gasteiger partial charge in [0.15, 0.2) is 6.04 Å². The van der Waals surface area contributed by atoms with Crippen LogP contribution < -0.4 is 9.47 Å². The van der Waals surface area contributed by atoms with E-state index in [1.165, 1.54) is 14.0 Å². The van der Waals surface area contributed by atoms with Crippen molar-refractivity contribution in [3.63, 3.8) is 0 Å². The third-order valence-electron chi connectivity index (χ3n) is 3.24. The average Bonchev–Trinajstić information content (AvgIpc) is 2.92. The molecule has 0 saturated heterocycles. The molecule has 1 aliphatic heterocycles. The molecule has 1 aromatic carbocycles. The van der Waals surface area contributed by atoms with Crippen LogP contribution in [0.15, 0.2) is 23.3 Å². The summed E-state index contributed by atoms with van der Waals surface area (Å²) in [5.74, 6) is -0.364. The number of carboxylic acids is 1. The molecule has 112 valence electrons. The molecule has 1 atom stereocenters. The summed E-state index contributed by atoms with van der Waals surface area (Å²) in [4.78, 5) is 22.7.